The lowest BCUT2D eigenvalue weighted by atomic mass is 9.80. The zero-order chi connectivity index (χ0) is 33.0. The Bertz CT molecular complexity index is 2480. The summed E-state index contributed by atoms with van der Waals surface area (Å²) in [7, 11) is 0. The van der Waals surface area contributed by atoms with E-state index in [2.05, 4.69) is 178 Å². The van der Waals surface area contributed by atoms with Crippen LogP contribution in [0.5, 0.6) is 0 Å². The second-order valence-electron chi connectivity index (χ2n) is 13.4. The lowest BCUT2D eigenvalue weighted by Gasteiger charge is -2.23. The SMILES string of the molecule is CC1(C)c2cc(-c3nc(-c4ccccc4)cc(-c4ccc(-c5ccccc5)cc4)n3)ccc2-c2c1cc1ccccc1c2-c1ccccc1. The summed E-state index contributed by atoms with van der Waals surface area (Å²) >= 11 is 0. The topological polar surface area (TPSA) is 25.8 Å². The molecule has 0 amide bonds. The average Bonchev–Trinajstić information content (AvgIpc) is 3.39. The van der Waals surface area contributed by atoms with Gasteiger partial charge >= 0.3 is 0 Å². The van der Waals surface area contributed by atoms with Gasteiger partial charge in [-0.1, -0.05) is 166 Å². The van der Waals surface area contributed by atoms with E-state index in [-0.39, 0.29) is 5.41 Å². The Labute approximate surface area is 287 Å². The molecule has 1 aromatic heterocycles. The van der Waals surface area contributed by atoms with Crippen molar-refractivity contribution < 1.29 is 0 Å². The van der Waals surface area contributed by atoms with E-state index in [4.69, 9.17) is 9.97 Å². The van der Waals surface area contributed by atoms with Gasteiger partial charge in [-0.05, 0) is 73.5 Å². The van der Waals surface area contributed by atoms with E-state index >= 15 is 0 Å². The van der Waals surface area contributed by atoms with Gasteiger partial charge < -0.3 is 0 Å². The minimum absolute atomic E-state index is 0.207. The summed E-state index contributed by atoms with van der Waals surface area (Å²) < 4.78 is 0. The highest BCUT2D eigenvalue weighted by Gasteiger charge is 2.38. The fourth-order valence-electron chi connectivity index (χ4n) is 7.53. The molecular formula is C47H34N2. The lowest BCUT2D eigenvalue weighted by molar-refractivity contribution is 0.661. The van der Waals surface area contributed by atoms with Crippen LogP contribution in [0.4, 0.5) is 0 Å². The van der Waals surface area contributed by atoms with Crippen molar-refractivity contribution in [3.8, 4) is 67.3 Å². The monoisotopic (exact) mass is 626 g/mol. The zero-order valence-corrected chi connectivity index (χ0v) is 27.6. The van der Waals surface area contributed by atoms with E-state index in [1.165, 1.54) is 55.3 Å². The number of benzene rings is 7. The molecule has 2 heteroatoms. The molecule has 232 valence electrons. The molecule has 1 aliphatic rings. The predicted molar refractivity (Wildman–Crippen MR) is 204 cm³/mol. The summed E-state index contributed by atoms with van der Waals surface area (Å²) in [4.78, 5) is 10.4. The summed E-state index contributed by atoms with van der Waals surface area (Å²) in [6.07, 6.45) is 0. The predicted octanol–water partition coefficient (Wildman–Crippen LogP) is 12.3. The number of aromatic nitrogens is 2. The van der Waals surface area contributed by atoms with Crippen molar-refractivity contribution in [1.82, 2.24) is 9.97 Å². The zero-order valence-electron chi connectivity index (χ0n) is 27.6. The molecule has 1 heterocycles. The normalized spacial score (nSPS) is 12.9. The second kappa shape index (κ2) is 11.5. The molecule has 0 fully saturated rings. The molecule has 0 saturated heterocycles. The smallest absolute Gasteiger partial charge is 0.160 e. The van der Waals surface area contributed by atoms with Gasteiger partial charge in [0.05, 0.1) is 11.4 Å². The lowest BCUT2D eigenvalue weighted by Crippen LogP contribution is -2.15. The number of fused-ring (bicyclic) bond motifs is 4. The molecule has 0 saturated carbocycles. The van der Waals surface area contributed by atoms with Gasteiger partial charge in [0.15, 0.2) is 5.82 Å². The summed E-state index contributed by atoms with van der Waals surface area (Å²) in [5, 5.41) is 2.55. The van der Waals surface area contributed by atoms with Gasteiger partial charge in [0.1, 0.15) is 0 Å². The highest BCUT2D eigenvalue weighted by atomic mass is 14.9. The van der Waals surface area contributed by atoms with Crippen LogP contribution in [0.15, 0.2) is 170 Å². The summed E-state index contributed by atoms with van der Waals surface area (Å²) in [6.45, 7) is 4.71. The Kier molecular flexibility index (Phi) is 6.84. The third-order valence-corrected chi connectivity index (χ3v) is 10.1. The Hall–Kier alpha value is -6.12. The Morgan fingerprint density at radius 3 is 1.57 bits per heavy atom. The van der Waals surface area contributed by atoms with Gasteiger partial charge in [0.25, 0.3) is 0 Å². The van der Waals surface area contributed by atoms with Crippen LogP contribution in [0.1, 0.15) is 25.0 Å². The molecule has 1 aliphatic carbocycles. The van der Waals surface area contributed by atoms with Crippen molar-refractivity contribution in [2.75, 3.05) is 0 Å². The summed E-state index contributed by atoms with van der Waals surface area (Å²) in [6, 6.07) is 60.6. The molecule has 7 aromatic carbocycles. The van der Waals surface area contributed by atoms with Gasteiger partial charge in [0.2, 0.25) is 0 Å². The van der Waals surface area contributed by atoms with Gasteiger partial charge in [-0.2, -0.15) is 0 Å². The van der Waals surface area contributed by atoms with Gasteiger partial charge in [-0.25, -0.2) is 9.97 Å². The standard InChI is InChI=1S/C47H34N2/c1-47(2)40-29-37(26-27-39(40)45-41(47)28-36-20-12-13-21-38(36)44(45)35-18-10-5-11-19-35)46-48-42(33-16-8-4-9-17-33)30-43(49-46)34-24-22-32(23-25-34)31-14-6-3-7-15-31/h3-30H,1-2H3. The first-order valence-electron chi connectivity index (χ1n) is 16.9. The first-order chi connectivity index (χ1) is 24.0. The second-order valence-corrected chi connectivity index (χ2v) is 13.4. The molecule has 0 atom stereocenters. The van der Waals surface area contributed by atoms with Gasteiger partial charge in [-0.15, -0.1) is 0 Å². The Balaban J connectivity index is 1.21. The van der Waals surface area contributed by atoms with E-state index in [9.17, 15) is 0 Å². The fourth-order valence-corrected chi connectivity index (χ4v) is 7.53. The highest BCUT2D eigenvalue weighted by Crippen LogP contribution is 2.55. The van der Waals surface area contributed by atoms with Crippen molar-refractivity contribution in [2.45, 2.75) is 19.3 Å². The fraction of sp³-hybridized carbons (Fsp3) is 0.0638. The van der Waals surface area contributed by atoms with Gasteiger partial charge in [-0.3, -0.25) is 0 Å². The Morgan fingerprint density at radius 2 is 0.898 bits per heavy atom. The maximum atomic E-state index is 5.22. The first kappa shape index (κ1) is 29.1. The molecule has 9 rings (SSSR count). The van der Waals surface area contributed by atoms with Crippen LogP contribution in [-0.2, 0) is 5.41 Å². The molecule has 0 spiro atoms. The van der Waals surface area contributed by atoms with Gasteiger partial charge in [0, 0.05) is 22.1 Å². The molecule has 0 aliphatic heterocycles. The Morgan fingerprint density at radius 1 is 0.388 bits per heavy atom. The van der Waals surface area contributed by atoms with E-state index < -0.39 is 0 Å². The van der Waals surface area contributed by atoms with E-state index in [0.29, 0.717) is 0 Å². The number of hydrogen-bond donors (Lipinski definition) is 0. The van der Waals surface area contributed by atoms with Crippen LogP contribution in [-0.4, -0.2) is 9.97 Å². The summed E-state index contributed by atoms with van der Waals surface area (Å²) in [5.74, 6) is 0.728. The maximum absolute atomic E-state index is 5.22. The van der Waals surface area contributed by atoms with Crippen LogP contribution in [0.3, 0.4) is 0 Å². The minimum atomic E-state index is -0.207. The number of nitrogens with zero attached hydrogens (tertiary/aromatic N) is 2. The van der Waals surface area contributed by atoms with E-state index in [1.54, 1.807) is 0 Å². The third kappa shape index (κ3) is 4.96. The third-order valence-electron chi connectivity index (χ3n) is 10.1. The van der Waals surface area contributed by atoms with Crippen molar-refractivity contribution >= 4 is 10.8 Å². The molecule has 8 aromatic rings. The summed E-state index contributed by atoms with van der Waals surface area (Å²) in [5.41, 5.74) is 15.0. The average molecular weight is 627 g/mol. The first-order valence-corrected chi connectivity index (χ1v) is 16.9. The van der Waals surface area contributed by atoms with Crippen LogP contribution in [0.25, 0.3) is 78.1 Å². The molecular weight excluding hydrogens is 593 g/mol. The van der Waals surface area contributed by atoms with E-state index in [1.807, 2.05) is 6.07 Å². The van der Waals surface area contributed by atoms with Crippen LogP contribution >= 0.6 is 0 Å². The van der Waals surface area contributed by atoms with E-state index in [0.717, 1.165) is 33.9 Å². The number of hydrogen-bond acceptors (Lipinski definition) is 2. The molecule has 49 heavy (non-hydrogen) atoms. The van der Waals surface area contributed by atoms with Crippen molar-refractivity contribution in [3.63, 3.8) is 0 Å². The van der Waals surface area contributed by atoms with Crippen molar-refractivity contribution in [1.29, 1.82) is 0 Å². The maximum Gasteiger partial charge on any atom is 0.160 e. The molecule has 2 nitrogen and oxygen atoms in total. The number of rotatable bonds is 5. The molecule has 0 N–H and O–H groups in total. The molecule has 0 bridgehead atoms. The van der Waals surface area contributed by atoms with Crippen LogP contribution in [0.2, 0.25) is 0 Å². The van der Waals surface area contributed by atoms with Crippen LogP contribution < -0.4 is 0 Å². The van der Waals surface area contributed by atoms with Crippen molar-refractivity contribution in [3.05, 3.63) is 181 Å². The molecule has 0 unspecified atom stereocenters. The highest BCUT2D eigenvalue weighted by molar-refractivity contribution is 6.08. The molecule has 0 radical (unpaired) electrons. The van der Waals surface area contributed by atoms with Crippen LogP contribution in [0, 0.1) is 0 Å². The van der Waals surface area contributed by atoms with Crippen molar-refractivity contribution in [2.24, 2.45) is 0 Å². The largest absolute Gasteiger partial charge is 0.228 e. The quantitative estimate of drug-likeness (QED) is 0.190. The minimum Gasteiger partial charge on any atom is -0.228 e.